The fourth-order valence-corrected chi connectivity index (χ4v) is 3.24. The molecule has 1 saturated carbocycles. The van der Waals surface area contributed by atoms with E-state index in [1.54, 1.807) is 0 Å². The Hall–Kier alpha value is -1.62. The van der Waals surface area contributed by atoms with Crippen molar-refractivity contribution in [3.63, 3.8) is 0 Å². The van der Waals surface area contributed by atoms with E-state index < -0.39 is 11.9 Å². The maximum absolute atomic E-state index is 13.8. The van der Waals surface area contributed by atoms with Gasteiger partial charge in [0, 0.05) is 17.1 Å². The minimum atomic E-state index is -0.549. The maximum Gasteiger partial charge on any atom is 0.241 e. The quantitative estimate of drug-likeness (QED) is 0.706. The van der Waals surface area contributed by atoms with E-state index in [2.05, 4.69) is 10.6 Å². The highest BCUT2D eigenvalue weighted by molar-refractivity contribution is 6.35. The second-order valence-electron chi connectivity index (χ2n) is 6.30. The molecular formula is C19H19Cl2FN2O. The molecule has 2 aromatic rings. The molecule has 25 heavy (non-hydrogen) atoms. The van der Waals surface area contributed by atoms with Gasteiger partial charge in [0.15, 0.2) is 0 Å². The highest BCUT2D eigenvalue weighted by Gasteiger charge is 2.29. The van der Waals surface area contributed by atoms with E-state index in [0.717, 1.165) is 18.4 Å². The lowest BCUT2D eigenvalue weighted by Gasteiger charge is -2.24. The Morgan fingerprint density at radius 1 is 1.16 bits per heavy atom. The lowest BCUT2D eigenvalue weighted by Crippen LogP contribution is -2.39. The third-order valence-electron chi connectivity index (χ3n) is 4.24. The van der Waals surface area contributed by atoms with Crippen LogP contribution in [0.5, 0.6) is 0 Å². The van der Waals surface area contributed by atoms with Gasteiger partial charge in [-0.15, -0.1) is 0 Å². The highest BCUT2D eigenvalue weighted by Crippen LogP contribution is 2.30. The first-order chi connectivity index (χ1) is 12.0. The summed E-state index contributed by atoms with van der Waals surface area (Å²) in [4.78, 5) is 12.7. The summed E-state index contributed by atoms with van der Waals surface area (Å²) in [5, 5.41) is 6.62. The van der Waals surface area contributed by atoms with Gasteiger partial charge in [-0.25, -0.2) is 4.39 Å². The maximum atomic E-state index is 13.8. The van der Waals surface area contributed by atoms with E-state index in [1.807, 2.05) is 37.3 Å². The predicted octanol–water partition coefficient (Wildman–Crippen LogP) is 4.80. The second kappa shape index (κ2) is 7.73. The van der Waals surface area contributed by atoms with Crippen molar-refractivity contribution in [2.24, 2.45) is 0 Å². The molecule has 0 heterocycles. The molecule has 132 valence electrons. The first kappa shape index (κ1) is 18.2. The molecule has 2 N–H and O–H groups in total. The van der Waals surface area contributed by atoms with Crippen molar-refractivity contribution in [1.82, 2.24) is 10.6 Å². The molecule has 0 radical (unpaired) electrons. The fraction of sp³-hybridized carbons (Fsp3) is 0.316. The van der Waals surface area contributed by atoms with Crippen LogP contribution in [-0.2, 0) is 4.79 Å². The molecule has 1 aliphatic rings. The van der Waals surface area contributed by atoms with Crippen LogP contribution in [0.25, 0.3) is 0 Å². The van der Waals surface area contributed by atoms with E-state index in [1.165, 1.54) is 12.1 Å². The van der Waals surface area contributed by atoms with Gasteiger partial charge in [0.25, 0.3) is 0 Å². The molecule has 6 heteroatoms. The molecular weight excluding hydrogens is 362 g/mol. The number of carbonyl (C=O) groups is 1. The third-order valence-corrected chi connectivity index (χ3v) is 4.86. The molecule has 3 rings (SSSR count). The van der Waals surface area contributed by atoms with Crippen molar-refractivity contribution >= 4 is 29.1 Å². The lowest BCUT2D eigenvalue weighted by molar-refractivity contribution is -0.123. The van der Waals surface area contributed by atoms with Crippen molar-refractivity contribution in [3.05, 3.63) is 69.5 Å². The Morgan fingerprint density at radius 3 is 2.48 bits per heavy atom. The van der Waals surface area contributed by atoms with Crippen LogP contribution in [0.1, 0.15) is 43.0 Å². The van der Waals surface area contributed by atoms with Gasteiger partial charge >= 0.3 is 0 Å². The number of amides is 1. The first-order valence-corrected chi connectivity index (χ1v) is 8.97. The molecule has 0 unspecified atom stereocenters. The Morgan fingerprint density at radius 2 is 1.84 bits per heavy atom. The van der Waals surface area contributed by atoms with Gasteiger partial charge in [0.1, 0.15) is 11.9 Å². The van der Waals surface area contributed by atoms with Crippen molar-refractivity contribution < 1.29 is 9.18 Å². The number of carbonyl (C=O) groups excluding carboxylic acids is 1. The van der Waals surface area contributed by atoms with Gasteiger partial charge in [0.2, 0.25) is 5.91 Å². The van der Waals surface area contributed by atoms with Crippen molar-refractivity contribution in [3.8, 4) is 0 Å². The summed E-state index contributed by atoms with van der Waals surface area (Å²) in [6.45, 7) is 1.84. The summed E-state index contributed by atoms with van der Waals surface area (Å²) in [6, 6.07) is 11.5. The van der Waals surface area contributed by atoms with Crippen LogP contribution in [0.3, 0.4) is 0 Å². The standard InChI is InChI=1S/C19H19Cl2FN2O/c1-11(14-9-17(22)16(21)10-15(14)20)23-18(12-5-3-2-4-6-12)19(25)24-13-7-8-13/h2-6,9-11,13,18,23H,7-8H2,1H3,(H,24,25)/t11-,18+/m0/s1. The summed E-state index contributed by atoms with van der Waals surface area (Å²) >= 11 is 12.0. The number of halogens is 3. The smallest absolute Gasteiger partial charge is 0.241 e. The molecule has 1 fully saturated rings. The highest BCUT2D eigenvalue weighted by atomic mass is 35.5. The summed E-state index contributed by atoms with van der Waals surface area (Å²) in [5.41, 5.74) is 1.40. The van der Waals surface area contributed by atoms with Crippen LogP contribution in [0.4, 0.5) is 4.39 Å². The van der Waals surface area contributed by atoms with E-state index in [-0.39, 0.29) is 23.0 Å². The van der Waals surface area contributed by atoms with E-state index in [4.69, 9.17) is 23.2 Å². The van der Waals surface area contributed by atoms with Gasteiger partial charge in [-0.1, -0.05) is 53.5 Å². The summed E-state index contributed by atoms with van der Waals surface area (Å²) in [6.07, 6.45) is 2.02. The van der Waals surface area contributed by atoms with Crippen LogP contribution in [0.2, 0.25) is 10.0 Å². The molecule has 3 nitrogen and oxygen atoms in total. The van der Waals surface area contributed by atoms with Crippen LogP contribution in [-0.4, -0.2) is 11.9 Å². The Bertz CT molecular complexity index is 766. The Balaban J connectivity index is 1.84. The average molecular weight is 381 g/mol. The molecule has 0 saturated heterocycles. The zero-order valence-electron chi connectivity index (χ0n) is 13.7. The molecule has 0 aliphatic heterocycles. The predicted molar refractivity (Wildman–Crippen MR) is 98.3 cm³/mol. The van der Waals surface area contributed by atoms with Gasteiger partial charge in [-0.3, -0.25) is 10.1 Å². The monoisotopic (exact) mass is 380 g/mol. The topological polar surface area (TPSA) is 41.1 Å². The van der Waals surface area contributed by atoms with E-state index in [0.29, 0.717) is 10.6 Å². The van der Waals surface area contributed by atoms with Crippen molar-refractivity contribution in [2.75, 3.05) is 0 Å². The van der Waals surface area contributed by atoms with Gasteiger partial charge in [0.05, 0.1) is 5.02 Å². The largest absolute Gasteiger partial charge is 0.352 e. The number of hydrogen-bond acceptors (Lipinski definition) is 2. The molecule has 0 bridgehead atoms. The SMILES string of the molecule is C[C@H](N[C@@H](C(=O)NC1CC1)c1ccccc1)c1cc(F)c(Cl)cc1Cl. The van der Waals surface area contributed by atoms with Crippen molar-refractivity contribution in [1.29, 1.82) is 0 Å². The molecule has 0 spiro atoms. The van der Waals surface area contributed by atoms with Crippen LogP contribution in [0.15, 0.2) is 42.5 Å². The minimum Gasteiger partial charge on any atom is -0.352 e. The molecule has 2 aromatic carbocycles. The third kappa shape index (κ3) is 4.51. The zero-order valence-corrected chi connectivity index (χ0v) is 15.2. The van der Waals surface area contributed by atoms with E-state index >= 15 is 0 Å². The molecule has 1 aliphatic carbocycles. The molecule has 2 atom stereocenters. The van der Waals surface area contributed by atoms with Gasteiger partial charge < -0.3 is 5.32 Å². The Labute approximate surface area is 156 Å². The zero-order chi connectivity index (χ0) is 18.0. The number of hydrogen-bond donors (Lipinski definition) is 2. The molecule has 0 aromatic heterocycles. The average Bonchev–Trinajstić information content (AvgIpc) is 3.40. The molecule has 1 amide bonds. The van der Waals surface area contributed by atoms with Crippen LogP contribution in [0, 0.1) is 5.82 Å². The van der Waals surface area contributed by atoms with Crippen molar-refractivity contribution in [2.45, 2.75) is 37.9 Å². The minimum absolute atomic E-state index is 0.0213. The normalized spacial score (nSPS) is 16.3. The summed E-state index contributed by atoms with van der Waals surface area (Å²) < 4.78 is 13.8. The lowest BCUT2D eigenvalue weighted by atomic mass is 10.0. The second-order valence-corrected chi connectivity index (χ2v) is 7.12. The first-order valence-electron chi connectivity index (χ1n) is 8.21. The van der Waals surface area contributed by atoms with E-state index in [9.17, 15) is 9.18 Å². The Kier molecular flexibility index (Phi) is 5.62. The number of rotatable bonds is 6. The number of nitrogens with one attached hydrogen (secondary N) is 2. The van der Waals surface area contributed by atoms with Gasteiger partial charge in [-0.2, -0.15) is 0 Å². The summed E-state index contributed by atoms with van der Waals surface area (Å²) in [7, 11) is 0. The fourth-order valence-electron chi connectivity index (χ4n) is 2.69. The van der Waals surface area contributed by atoms with Crippen LogP contribution < -0.4 is 10.6 Å². The van der Waals surface area contributed by atoms with Crippen LogP contribution >= 0.6 is 23.2 Å². The summed E-state index contributed by atoms with van der Waals surface area (Å²) in [5.74, 6) is -0.625. The van der Waals surface area contributed by atoms with Gasteiger partial charge in [-0.05, 0) is 43.0 Å². The number of benzene rings is 2.